The van der Waals surface area contributed by atoms with Gasteiger partial charge in [0.05, 0.1) is 6.54 Å². The summed E-state index contributed by atoms with van der Waals surface area (Å²) in [6, 6.07) is 0. The summed E-state index contributed by atoms with van der Waals surface area (Å²) in [4.78, 5) is 6.86. The average molecular weight is 284 g/mol. The van der Waals surface area contributed by atoms with Gasteiger partial charge >= 0.3 is 0 Å². The predicted octanol–water partition coefficient (Wildman–Crippen LogP) is 0.0290. The van der Waals surface area contributed by atoms with E-state index in [2.05, 4.69) is 15.1 Å². The monoisotopic (exact) mass is 284 g/mol. The van der Waals surface area contributed by atoms with Gasteiger partial charge in [-0.2, -0.15) is 9.40 Å². The maximum atomic E-state index is 12.4. The fraction of sp³-hybridized carbons (Fsp3) is 0.400. The first-order chi connectivity index (χ1) is 8.95. The van der Waals surface area contributed by atoms with Crippen molar-refractivity contribution < 1.29 is 8.42 Å². The van der Waals surface area contributed by atoms with Gasteiger partial charge in [0.1, 0.15) is 10.7 Å². The summed E-state index contributed by atoms with van der Waals surface area (Å²) < 4.78 is 27.4. The topological polar surface area (TPSA) is 110 Å². The lowest BCUT2D eigenvalue weighted by Gasteiger charge is -2.14. The van der Waals surface area contributed by atoms with Gasteiger partial charge in [-0.25, -0.2) is 13.4 Å². The van der Waals surface area contributed by atoms with Crippen molar-refractivity contribution in [2.75, 3.05) is 12.8 Å². The second kappa shape index (κ2) is 5.02. The normalized spacial score (nSPS) is 12.2. The molecule has 0 unspecified atom stereocenters. The number of aromatic amines is 1. The van der Waals surface area contributed by atoms with E-state index >= 15 is 0 Å². The summed E-state index contributed by atoms with van der Waals surface area (Å²) in [5, 5.41) is 3.94. The molecular weight excluding hydrogens is 268 g/mol. The summed E-state index contributed by atoms with van der Waals surface area (Å²) in [6.07, 6.45) is 4.64. The molecule has 0 aliphatic carbocycles. The van der Waals surface area contributed by atoms with E-state index < -0.39 is 10.0 Å². The molecule has 9 heteroatoms. The number of hydrogen-bond donors (Lipinski definition) is 2. The number of nitrogens with zero attached hydrogens (tertiary/aromatic N) is 4. The lowest BCUT2D eigenvalue weighted by atomic mass is 10.6. The fourth-order valence-corrected chi connectivity index (χ4v) is 2.82. The number of sulfonamides is 1. The number of anilines is 1. The van der Waals surface area contributed by atoms with Crippen LogP contribution in [-0.2, 0) is 23.1 Å². The third-order valence-corrected chi connectivity index (χ3v) is 4.51. The van der Waals surface area contributed by atoms with Crippen LogP contribution in [0.2, 0.25) is 0 Å². The van der Waals surface area contributed by atoms with Gasteiger partial charge in [-0.15, -0.1) is 0 Å². The van der Waals surface area contributed by atoms with Crippen LogP contribution in [-0.4, -0.2) is 39.5 Å². The summed E-state index contributed by atoms with van der Waals surface area (Å²) in [7, 11) is -2.20. The maximum absolute atomic E-state index is 12.4. The van der Waals surface area contributed by atoms with E-state index in [0.29, 0.717) is 12.4 Å². The maximum Gasteiger partial charge on any atom is 0.248 e. The lowest BCUT2D eigenvalue weighted by Crippen LogP contribution is -2.27. The van der Waals surface area contributed by atoms with Crippen molar-refractivity contribution >= 4 is 15.8 Å². The number of H-pyrrole nitrogens is 1. The first-order valence-electron chi connectivity index (χ1n) is 5.72. The number of hydrogen-bond acceptors (Lipinski definition) is 5. The molecule has 0 spiro atoms. The molecule has 2 rings (SSSR count). The van der Waals surface area contributed by atoms with Crippen molar-refractivity contribution in [3.05, 3.63) is 24.4 Å². The van der Waals surface area contributed by atoms with E-state index in [9.17, 15) is 8.42 Å². The Morgan fingerprint density at radius 3 is 2.79 bits per heavy atom. The van der Waals surface area contributed by atoms with Crippen LogP contribution < -0.4 is 5.73 Å². The van der Waals surface area contributed by atoms with Gasteiger partial charge in [-0.05, 0) is 6.92 Å². The molecule has 0 saturated carbocycles. The fourth-order valence-electron chi connectivity index (χ4n) is 1.63. The zero-order valence-electron chi connectivity index (χ0n) is 10.7. The minimum atomic E-state index is -3.67. The molecule has 2 aromatic heterocycles. The Morgan fingerprint density at radius 2 is 2.26 bits per heavy atom. The number of aromatic nitrogens is 4. The van der Waals surface area contributed by atoms with Crippen LogP contribution >= 0.6 is 0 Å². The Bertz CT molecular complexity index is 646. The lowest BCUT2D eigenvalue weighted by molar-refractivity contribution is 0.458. The summed E-state index contributed by atoms with van der Waals surface area (Å²) >= 11 is 0. The van der Waals surface area contributed by atoms with Crippen molar-refractivity contribution in [2.24, 2.45) is 0 Å². The Morgan fingerprint density at radius 1 is 1.53 bits per heavy atom. The first-order valence-corrected chi connectivity index (χ1v) is 7.16. The second-order valence-corrected chi connectivity index (χ2v) is 6.04. The molecule has 0 bridgehead atoms. The van der Waals surface area contributed by atoms with Crippen molar-refractivity contribution in [3.63, 3.8) is 0 Å². The SMILES string of the molecule is CCn1cc(S(=O)(=O)N(C)Cc2ncc[nH]2)c(N)n1. The van der Waals surface area contributed by atoms with Crippen molar-refractivity contribution in [2.45, 2.75) is 24.9 Å². The third-order valence-electron chi connectivity index (χ3n) is 2.69. The molecule has 104 valence electrons. The van der Waals surface area contributed by atoms with Gasteiger partial charge in [0.25, 0.3) is 0 Å². The molecule has 0 aliphatic heterocycles. The quantitative estimate of drug-likeness (QED) is 0.805. The Balaban J connectivity index is 2.28. The van der Waals surface area contributed by atoms with Gasteiger partial charge in [0.2, 0.25) is 10.0 Å². The summed E-state index contributed by atoms with van der Waals surface area (Å²) in [6.45, 7) is 2.56. The number of aryl methyl sites for hydroxylation is 1. The van der Waals surface area contributed by atoms with Crippen molar-refractivity contribution in [3.8, 4) is 0 Å². The number of nitrogen functional groups attached to an aromatic ring is 1. The van der Waals surface area contributed by atoms with E-state index in [1.165, 1.54) is 22.2 Å². The van der Waals surface area contributed by atoms with Gasteiger partial charge in [-0.1, -0.05) is 0 Å². The molecule has 0 aromatic carbocycles. The average Bonchev–Trinajstić information content (AvgIpc) is 2.98. The van der Waals surface area contributed by atoms with E-state index in [4.69, 9.17) is 5.73 Å². The van der Waals surface area contributed by atoms with Gasteiger partial charge in [-0.3, -0.25) is 4.68 Å². The highest BCUT2D eigenvalue weighted by Crippen LogP contribution is 2.21. The number of rotatable bonds is 5. The van der Waals surface area contributed by atoms with Crippen LogP contribution in [0.3, 0.4) is 0 Å². The number of imidazole rings is 1. The van der Waals surface area contributed by atoms with Crippen LogP contribution in [0.25, 0.3) is 0 Å². The van der Waals surface area contributed by atoms with Crippen LogP contribution in [0, 0.1) is 0 Å². The summed E-state index contributed by atoms with van der Waals surface area (Å²) in [5.41, 5.74) is 5.65. The van der Waals surface area contributed by atoms with Crippen LogP contribution in [0.15, 0.2) is 23.5 Å². The molecule has 2 aromatic rings. The minimum absolute atomic E-state index is 0.00754. The molecule has 2 heterocycles. The van der Waals surface area contributed by atoms with E-state index in [0.717, 1.165) is 0 Å². The number of nitrogens with two attached hydrogens (primary N) is 1. The molecular formula is C10H16N6O2S. The highest BCUT2D eigenvalue weighted by atomic mass is 32.2. The largest absolute Gasteiger partial charge is 0.381 e. The Labute approximate surface area is 111 Å². The standard InChI is InChI=1S/C10H16N6O2S/c1-3-16-6-8(10(11)14-16)19(17,18)15(2)7-9-12-4-5-13-9/h4-6H,3,7H2,1-2H3,(H2,11,14)(H,12,13). The van der Waals surface area contributed by atoms with Crippen LogP contribution in [0.1, 0.15) is 12.7 Å². The third kappa shape index (κ3) is 2.61. The zero-order valence-corrected chi connectivity index (χ0v) is 11.6. The highest BCUT2D eigenvalue weighted by Gasteiger charge is 2.26. The van der Waals surface area contributed by atoms with Crippen LogP contribution in [0.5, 0.6) is 0 Å². The van der Waals surface area contributed by atoms with Crippen LogP contribution in [0.4, 0.5) is 5.82 Å². The molecule has 0 aliphatic rings. The highest BCUT2D eigenvalue weighted by molar-refractivity contribution is 7.89. The van der Waals surface area contributed by atoms with Gasteiger partial charge in [0.15, 0.2) is 5.82 Å². The van der Waals surface area contributed by atoms with E-state index in [1.807, 2.05) is 6.92 Å². The smallest absolute Gasteiger partial charge is 0.248 e. The number of nitrogens with one attached hydrogen (secondary N) is 1. The Hall–Kier alpha value is -1.87. The van der Waals surface area contributed by atoms with E-state index in [1.54, 1.807) is 12.4 Å². The first kappa shape index (κ1) is 13.6. The zero-order chi connectivity index (χ0) is 14.0. The Kier molecular flexibility index (Phi) is 3.58. The molecule has 8 nitrogen and oxygen atoms in total. The predicted molar refractivity (Wildman–Crippen MR) is 69.6 cm³/mol. The molecule has 19 heavy (non-hydrogen) atoms. The second-order valence-electron chi connectivity index (χ2n) is 4.03. The molecule has 0 saturated heterocycles. The summed E-state index contributed by atoms with van der Waals surface area (Å²) in [5.74, 6) is 0.570. The van der Waals surface area contributed by atoms with Crippen molar-refractivity contribution in [1.82, 2.24) is 24.1 Å². The molecule has 0 amide bonds. The van der Waals surface area contributed by atoms with Gasteiger partial charge < -0.3 is 10.7 Å². The molecule has 3 N–H and O–H groups in total. The molecule has 0 radical (unpaired) electrons. The van der Waals surface area contributed by atoms with E-state index in [-0.39, 0.29) is 17.3 Å². The molecule has 0 fully saturated rings. The van der Waals surface area contributed by atoms with Gasteiger partial charge in [0, 0.05) is 32.2 Å². The minimum Gasteiger partial charge on any atom is -0.381 e. The van der Waals surface area contributed by atoms with Crippen molar-refractivity contribution in [1.29, 1.82) is 0 Å². The molecule has 0 atom stereocenters.